The number of carbonyl (C=O) groups excluding carboxylic acids is 1. The summed E-state index contributed by atoms with van der Waals surface area (Å²) in [6, 6.07) is 10.9. The van der Waals surface area contributed by atoms with Gasteiger partial charge in [-0.1, -0.05) is 12.1 Å². The van der Waals surface area contributed by atoms with E-state index in [9.17, 15) is 14.3 Å². The lowest BCUT2D eigenvalue weighted by Crippen LogP contribution is -2.31. The number of furan rings is 1. The molecule has 1 N–H and O–H groups in total. The molecule has 1 saturated heterocycles. The number of likely N-dealkylation sites (tertiary alicyclic amines) is 1. The maximum atomic E-state index is 13.6. The molecule has 0 bridgehead atoms. The molecule has 1 aliphatic rings. The van der Waals surface area contributed by atoms with Crippen LogP contribution < -0.4 is 0 Å². The number of hydrogen-bond acceptors (Lipinski definition) is 4. The number of pyridine rings is 1. The molecule has 2 aromatic heterocycles. The van der Waals surface area contributed by atoms with Gasteiger partial charge in [-0.15, -0.1) is 0 Å². The highest BCUT2D eigenvalue weighted by atomic mass is 19.1. The van der Waals surface area contributed by atoms with Crippen molar-refractivity contribution < 1.29 is 18.7 Å². The van der Waals surface area contributed by atoms with Gasteiger partial charge in [0.05, 0.1) is 12.1 Å². The molecule has 5 nitrogen and oxygen atoms in total. The third kappa shape index (κ3) is 2.89. The van der Waals surface area contributed by atoms with Crippen LogP contribution in [0.2, 0.25) is 0 Å². The van der Waals surface area contributed by atoms with E-state index in [0.717, 1.165) is 5.69 Å². The number of hydrogen-bond donors (Lipinski definition) is 1. The molecule has 3 aromatic rings. The van der Waals surface area contributed by atoms with Gasteiger partial charge in [0.2, 0.25) is 0 Å². The zero-order valence-electron chi connectivity index (χ0n) is 13.6. The summed E-state index contributed by atoms with van der Waals surface area (Å²) in [5.74, 6) is -0.528. The van der Waals surface area contributed by atoms with E-state index in [1.54, 1.807) is 24.3 Å². The molecule has 1 aliphatic heterocycles. The van der Waals surface area contributed by atoms with Crippen LogP contribution in [0.4, 0.5) is 4.39 Å². The topological polar surface area (TPSA) is 66.6 Å². The van der Waals surface area contributed by atoms with E-state index in [-0.39, 0.29) is 30.1 Å². The monoisotopic (exact) mass is 340 g/mol. The summed E-state index contributed by atoms with van der Waals surface area (Å²) in [6.45, 7) is 2.05. The maximum Gasteiger partial charge on any atom is 0.290 e. The van der Waals surface area contributed by atoms with E-state index < -0.39 is 6.10 Å². The number of rotatable bonds is 2. The molecule has 3 heterocycles. The Bertz CT molecular complexity index is 953. The first-order valence-corrected chi connectivity index (χ1v) is 8.13. The first-order chi connectivity index (χ1) is 12.0. The summed E-state index contributed by atoms with van der Waals surface area (Å²) in [4.78, 5) is 18.8. The molecule has 1 fully saturated rings. The Labute approximate surface area is 143 Å². The molecule has 0 spiro atoms. The van der Waals surface area contributed by atoms with Gasteiger partial charge < -0.3 is 14.4 Å². The van der Waals surface area contributed by atoms with Crippen LogP contribution in [0, 0.1) is 12.7 Å². The fraction of sp³-hybridized carbons (Fsp3) is 0.263. The molecule has 0 aliphatic carbocycles. The lowest BCUT2D eigenvalue weighted by molar-refractivity contribution is 0.0686. The highest BCUT2D eigenvalue weighted by molar-refractivity contribution is 5.95. The van der Waals surface area contributed by atoms with Crippen molar-refractivity contribution in [3.8, 4) is 0 Å². The number of amides is 1. The summed E-state index contributed by atoms with van der Waals surface area (Å²) in [7, 11) is 0. The molecule has 0 saturated carbocycles. The van der Waals surface area contributed by atoms with Crippen LogP contribution in [-0.4, -0.2) is 33.5 Å². The number of benzene rings is 1. The van der Waals surface area contributed by atoms with E-state index >= 15 is 0 Å². The Morgan fingerprint density at radius 3 is 2.96 bits per heavy atom. The first-order valence-electron chi connectivity index (χ1n) is 8.13. The van der Waals surface area contributed by atoms with Crippen LogP contribution in [0.3, 0.4) is 0 Å². The second kappa shape index (κ2) is 5.97. The van der Waals surface area contributed by atoms with Crippen molar-refractivity contribution in [1.82, 2.24) is 9.88 Å². The second-order valence-electron chi connectivity index (χ2n) is 6.36. The highest BCUT2D eigenvalue weighted by Gasteiger charge is 2.37. The minimum absolute atomic E-state index is 0.170. The van der Waals surface area contributed by atoms with Gasteiger partial charge in [-0.05, 0) is 43.2 Å². The Hall–Kier alpha value is -2.73. The number of aliphatic hydroxyl groups is 1. The number of aromatic nitrogens is 1. The minimum atomic E-state index is -0.651. The zero-order valence-corrected chi connectivity index (χ0v) is 13.6. The summed E-state index contributed by atoms with van der Waals surface area (Å²) in [5.41, 5.74) is 2.65. The van der Waals surface area contributed by atoms with E-state index in [2.05, 4.69) is 4.98 Å². The van der Waals surface area contributed by atoms with Crippen molar-refractivity contribution in [3.63, 3.8) is 0 Å². The Morgan fingerprint density at radius 2 is 2.16 bits per heavy atom. The molecule has 2 atom stereocenters. The number of aryl methyl sites for hydroxylation is 1. The summed E-state index contributed by atoms with van der Waals surface area (Å²) < 4.78 is 19.2. The van der Waals surface area contributed by atoms with E-state index in [1.807, 2.05) is 13.0 Å². The Morgan fingerprint density at radius 1 is 1.32 bits per heavy atom. The van der Waals surface area contributed by atoms with E-state index in [0.29, 0.717) is 23.1 Å². The van der Waals surface area contributed by atoms with Gasteiger partial charge in [0.25, 0.3) is 5.91 Å². The molecular weight excluding hydrogens is 323 g/mol. The van der Waals surface area contributed by atoms with Crippen molar-refractivity contribution in [2.24, 2.45) is 0 Å². The molecule has 1 amide bonds. The molecule has 6 heteroatoms. The second-order valence-corrected chi connectivity index (χ2v) is 6.36. The predicted octanol–water partition coefficient (Wildman–Crippen LogP) is 3.22. The Balaban J connectivity index is 1.69. The molecule has 0 unspecified atom stereocenters. The summed E-state index contributed by atoms with van der Waals surface area (Å²) in [6.07, 6.45) is -0.283. The van der Waals surface area contributed by atoms with Gasteiger partial charge in [0.1, 0.15) is 11.3 Å². The maximum absolute atomic E-state index is 13.6. The third-order valence-electron chi connectivity index (χ3n) is 4.50. The van der Waals surface area contributed by atoms with Crippen molar-refractivity contribution in [1.29, 1.82) is 0 Å². The van der Waals surface area contributed by atoms with Crippen LogP contribution in [-0.2, 0) is 0 Å². The van der Waals surface area contributed by atoms with Crippen LogP contribution in [0.5, 0.6) is 0 Å². The van der Waals surface area contributed by atoms with Gasteiger partial charge in [0.15, 0.2) is 11.3 Å². The van der Waals surface area contributed by atoms with Crippen molar-refractivity contribution in [3.05, 3.63) is 65.3 Å². The van der Waals surface area contributed by atoms with Gasteiger partial charge in [-0.2, -0.15) is 0 Å². The standard InChI is InChI=1S/C19H17FN2O3/c1-11-5-6-17-15(21-11)9-18(25-17)19(24)22-10-14(23)8-16(22)12-3-2-4-13(20)7-12/h2-7,9,14,16,23H,8,10H2,1H3/t14-,16-/m1/s1. The van der Waals surface area contributed by atoms with Crippen LogP contribution >= 0.6 is 0 Å². The van der Waals surface area contributed by atoms with Gasteiger partial charge in [-0.3, -0.25) is 4.79 Å². The van der Waals surface area contributed by atoms with Crippen LogP contribution in [0.25, 0.3) is 11.1 Å². The molecule has 1 aromatic carbocycles. The quantitative estimate of drug-likeness (QED) is 0.778. The van der Waals surface area contributed by atoms with Gasteiger partial charge in [-0.25, -0.2) is 9.37 Å². The fourth-order valence-corrected chi connectivity index (χ4v) is 3.34. The largest absolute Gasteiger partial charge is 0.449 e. The highest BCUT2D eigenvalue weighted by Crippen LogP contribution is 2.34. The lowest BCUT2D eigenvalue weighted by Gasteiger charge is -2.23. The molecule has 25 heavy (non-hydrogen) atoms. The minimum Gasteiger partial charge on any atom is -0.449 e. The first kappa shape index (κ1) is 15.8. The number of carbonyl (C=O) groups is 1. The average Bonchev–Trinajstić information content (AvgIpc) is 3.17. The number of β-amino-alcohol motifs (C(OH)–C–C–N with tert-alkyl or cyclic N) is 1. The third-order valence-corrected chi connectivity index (χ3v) is 4.50. The predicted molar refractivity (Wildman–Crippen MR) is 89.5 cm³/mol. The van der Waals surface area contributed by atoms with Gasteiger partial charge in [0, 0.05) is 18.3 Å². The fourth-order valence-electron chi connectivity index (χ4n) is 3.34. The number of aliphatic hydroxyl groups excluding tert-OH is 1. The Kier molecular flexibility index (Phi) is 3.77. The average molecular weight is 340 g/mol. The molecule has 0 radical (unpaired) electrons. The van der Waals surface area contributed by atoms with Crippen molar-refractivity contribution in [2.45, 2.75) is 25.5 Å². The molecule has 4 rings (SSSR count). The van der Waals surface area contributed by atoms with E-state index in [4.69, 9.17) is 4.42 Å². The number of nitrogens with zero attached hydrogens (tertiary/aromatic N) is 2. The smallest absolute Gasteiger partial charge is 0.290 e. The van der Waals surface area contributed by atoms with Gasteiger partial charge >= 0.3 is 0 Å². The van der Waals surface area contributed by atoms with Crippen molar-refractivity contribution >= 4 is 17.0 Å². The van der Waals surface area contributed by atoms with Crippen LogP contribution in [0.1, 0.15) is 34.3 Å². The summed E-state index contributed by atoms with van der Waals surface area (Å²) >= 11 is 0. The number of halogens is 1. The summed E-state index contributed by atoms with van der Waals surface area (Å²) in [5, 5.41) is 10.0. The SMILES string of the molecule is Cc1ccc2oc(C(=O)N3C[C@H](O)C[C@@H]3c3cccc(F)c3)cc2n1. The number of fused-ring (bicyclic) bond motifs is 1. The van der Waals surface area contributed by atoms with Crippen LogP contribution in [0.15, 0.2) is 46.9 Å². The normalized spacial score (nSPS) is 20.4. The zero-order chi connectivity index (χ0) is 17.6. The van der Waals surface area contributed by atoms with E-state index in [1.165, 1.54) is 17.0 Å². The molecule has 128 valence electrons. The molecular formula is C19H17FN2O3. The lowest BCUT2D eigenvalue weighted by atomic mass is 10.0. The van der Waals surface area contributed by atoms with Crippen molar-refractivity contribution in [2.75, 3.05) is 6.54 Å².